The number of hydrogen-bond donors (Lipinski definition) is 2. The second-order valence-corrected chi connectivity index (χ2v) is 4.04. The fourth-order valence-corrected chi connectivity index (χ4v) is 1.39. The van der Waals surface area contributed by atoms with Crippen molar-refractivity contribution < 1.29 is 32.3 Å². The molecule has 0 aliphatic heterocycles. The zero-order valence-corrected chi connectivity index (χ0v) is 10.6. The highest BCUT2D eigenvalue weighted by molar-refractivity contribution is 5.96. The number of nitrogens with zero attached hydrogens (tertiary/aromatic N) is 1. The van der Waals surface area contributed by atoms with E-state index in [0.29, 0.717) is 4.90 Å². The highest BCUT2D eigenvalue weighted by Crippen LogP contribution is 2.22. The van der Waals surface area contributed by atoms with Crippen LogP contribution >= 0.6 is 0 Å². The predicted octanol–water partition coefficient (Wildman–Crippen LogP) is 2.19. The molecule has 1 aromatic carbocycles. The lowest BCUT2D eigenvalue weighted by Gasteiger charge is -2.23. The molecule has 0 spiro atoms. The minimum atomic E-state index is -4.39. The molecule has 1 aromatic rings. The summed E-state index contributed by atoms with van der Waals surface area (Å²) in [5, 5.41) is 10.3. The van der Waals surface area contributed by atoms with Gasteiger partial charge in [-0.1, -0.05) is 18.2 Å². The third-order valence-corrected chi connectivity index (χ3v) is 2.40. The Balaban J connectivity index is 2.80. The maximum Gasteiger partial charge on any atom is 0.324 e. The molecule has 2 amide bonds. The van der Waals surface area contributed by atoms with Crippen molar-refractivity contribution in [3.63, 3.8) is 0 Å². The Hall–Kier alpha value is -2.32. The van der Waals surface area contributed by atoms with Gasteiger partial charge < -0.3 is 10.4 Å². The number of para-hydroxylation sites is 1. The third kappa shape index (κ3) is 4.93. The van der Waals surface area contributed by atoms with E-state index in [1.807, 2.05) is 0 Å². The van der Waals surface area contributed by atoms with Crippen molar-refractivity contribution in [3.8, 4) is 0 Å². The average Bonchev–Trinajstić information content (AvgIpc) is 2.43. The van der Waals surface area contributed by atoms with E-state index in [1.54, 1.807) is 11.4 Å². The number of carbonyl (C=O) groups is 2. The molecule has 2 N–H and O–H groups in total. The monoisotopic (exact) mass is 308 g/mol. The van der Waals surface area contributed by atoms with E-state index in [-0.39, 0.29) is 5.69 Å². The highest BCUT2D eigenvalue weighted by atomic mass is 19.3. The first-order chi connectivity index (χ1) is 9.74. The van der Waals surface area contributed by atoms with Crippen LogP contribution in [0.5, 0.6) is 0 Å². The molecular weight excluding hydrogens is 296 g/mol. The first-order valence-electron chi connectivity index (χ1n) is 5.72. The van der Waals surface area contributed by atoms with Gasteiger partial charge in [0.1, 0.15) is 6.54 Å². The van der Waals surface area contributed by atoms with Crippen LogP contribution in [0.3, 0.4) is 0 Å². The van der Waals surface area contributed by atoms with Crippen LogP contribution in [0.15, 0.2) is 30.3 Å². The van der Waals surface area contributed by atoms with Crippen molar-refractivity contribution in [1.29, 1.82) is 0 Å². The number of hydrogen-bond acceptors (Lipinski definition) is 2. The van der Waals surface area contributed by atoms with Gasteiger partial charge in [0.2, 0.25) is 0 Å². The van der Waals surface area contributed by atoms with Gasteiger partial charge in [0.05, 0.1) is 6.54 Å². The molecule has 0 fully saturated rings. The normalized spacial score (nSPS) is 11.3. The van der Waals surface area contributed by atoms with Crippen molar-refractivity contribution in [2.75, 3.05) is 18.0 Å². The van der Waals surface area contributed by atoms with Crippen molar-refractivity contribution in [1.82, 2.24) is 5.32 Å². The highest BCUT2D eigenvalue weighted by Gasteiger charge is 2.41. The van der Waals surface area contributed by atoms with Gasteiger partial charge in [-0.15, -0.1) is 0 Å². The molecule has 0 aromatic heterocycles. The minimum Gasteiger partial charge on any atom is -0.480 e. The Morgan fingerprint density at radius 3 is 2.29 bits per heavy atom. The summed E-state index contributed by atoms with van der Waals surface area (Å²) in [5.41, 5.74) is 0.137. The lowest BCUT2D eigenvalue weighted by atomic mass is 10.3. The molecule has 0 aliphatic carbocycles. The number of benzene rings is 1. The molecular formula is C12H12F4N2O3. The number of carboxylic acids is 1. The molecule has 0 bridgehead atoms. The number of carboxylic acid groups (broad SMARTS) is 1. The smallest absolute Gasteiger partial charge is 0.324 e. The Bertz CT molecular complexity index is 497. The number of amides is 2. The number of carbonyl (C=O) groups excluding carboxylic acids is 1. The maximum atomic E-state index is 12.7. The molecule has 0 unspecified atom stereocenters. The Morgan fingerprint density at radius 1 is 1.24 bits per heavy atom. The van der Waals surface area contributed by atoms with Crippen molar-refractivity contribution in [2.24, 2.45) is 0 Å². The van der Waals surface area contributed by atoms with Crippen LogP contribution in [0.4, 0.5) is 28.0 Å². The predicted molar refractivity (Wildman–Crippen MR) is 65.8 cm³/mol. The van der Waals surface area contributed by atoms with Crippen LogP contribution in [0.25, 0.3) is 0 Å². The van der Waals surface area contributed by atoms with Gasteiger partial charge in [0.15, 0.2) is 0 Å². The molecule has 21 heavy (non-hydrogen) atoms. The minimum absolute atomic E-state index is 0.137. The fourth-order valence-electron chi connectivity index (χ4n) is 1.39. The van der Waals surface area contributed by atoms with Gasteiger partial charge in [-0.05, 0) is 12.1 Å². The average molecular weight is 308 g/mol. The maximum absolute atomic E-state index is 12.7. The molecule has 0 heterocycles. The van der Waals surface area contributed by atoms with Gasteiger partial charge in [0, 0.05) is 5.69 Å². The second-order valence-electron chi connectivity index (χ2n) is 4.04. The molecule has 0 aliphatic rings. The molecule has 0 atom stereocenters. The number of alkyl halides is 4. The first kappa shape index (κ1) is 16.7. The van der Waals surface area contributed by atoms with Crippen LogP contribution < -0.4 is 10.2 Å². The Morgan fingerprint density at radius 2 is 1.81 bits per heavy atom. The van der Waals surface area contributed by atoms with E-state index in [0.717, 1.165) is 0 Å². The summed E-state index contributed by atoms with van der Waals surface area (Å²) in [4.78, 5) is 23.1. The second kappa shape index (κ2) is 6.91. The third-order valence-electron chi connectivity index (χ3n) is 2.40. The van der Waals surface area contributed by atoms with Crippen LogP contribution in [0, 0.1) is 0 Å². The Kier molecular flexibility index (Phi) is 5.51. The summed E-state index contributed by atoms with van der Waals surface area (Å²) < 4.78 is 49.4. The number of nitrogens with one attached hydrogen (secondary N) is 1. The number of rotatable bonds is 6. The van der Waals surface area contributed by atoms with E-state index < -0.39 is 37.4 Å². The summed E-state index contributed by atoms with van der Waals surface area (Å²) in [5.74, 6) is -5.77. The number of anilines is 1. The lowest BCUT2D eigenvalue weighted by Crippen LogP contribution is -2.48. The quantitative estimate of drug-likeness (QED) is 0.792. The SMILES string of the molecule is O=C(O)CN(C(=O)NCC(F)(F)C(F)F)c1ccccc1. The van der Waals surface area contributed by atoms with Gasteiger partial charge in [-0.2, -0.15) is 8.78 Å². The zero-order valence-electron chi connectivity index (χ0n) is 10.6. The fraction of sp³-hybridized carbons (Fsp3) is 0.333. The van der Waals surface area contributed by atoms with Gasteiger partial charge in [-0.25, -0.2) is 13.6 Å². The zero-order chi connectivity index (χ0) is 16.0. The van der Waals surface area contributed by atoms with Crippen LogP contribution in [-0.4, -0.2) is 42.5 Å². The molecule has 9 heteroatoms. The van der Waals surface area contributed by atoms with E-state index in [2.05, 4.69) is 0 Å². The van der Waals surface area contributed by atoms with Crippen molar-refractivity contribution >= 4 is 17.7 Å². The van der Waals surface area contributed by atoms with Crippen molar-refractivity contribution in [2.45, 2.75) is 12.3 Å². The molecule has 116 valence electrons. The van der Waals surface area contributed by atoms with Gasteiger partial charge in [-0.3, -0.25) is 9.69 Å². The van der Waals surface area contributed by atoms with Crippen molar-refractivity contribution in [3.05, 3.63) is 30.3 Å². The summed E-state index contributed by atoms with van der Waals surface area (Å²) in [6.07, 6.45) is -3.93. The molecule has 0 radical (unpaired) electrons. The molecule has 0 saturated carbocycles. The molecule has 0 saturated heterocycles. The van der Waals surface area contributed by atoms with E-state index in [1.165, 1.54) is 24.3 Å². The number of halogens is 4. The van der Waals surface area contributed by atoms with E-state index >= 15 is 0 Å². The largest absolute Gasteiger partial charge is 0.480 e. The van der Waals surface area contributed by atoms with E-state index in [9.17, 15) is 27.2 Å². The van der Waals surface area contributed by atoms with E-state index in [4.69, 9.17) is 5.11 Å². The van der Waals surface area contributed by atoms with Crippen LogP contribution in [0.1, 0.15) is 0 Å². The lowest BCUT2D eigenvalue weighted by molar-refractivity contribution is -0.135. The topological polar surface area (TPSA) is 69.6 Å². The first-order valence-corrected chi connectivity index (χ1v) is 5.72. The number of urea groups is 1. The Labute approximate surface area is 117 Å². The number of aliphatic carboxylic acids is 1. The summed E-state index contributed by atoms with van der Waals surface area (Å²) in [7, 11) is 0. The van der Waals surface area contributed by atoms with Crippen LogP contribution in [-0.2, 0) is 4.79 Å². The van der Waals surface area contributed by atoms with Gasteiger partial charge >= 0.3 is 24.3 Å². The van der Waals surface area contributed by atoms with Crippen LogP contribution in [0.2, 0.25) is 0 Å². The molecule has 1 rings (SSSR count). The van der Waals surface area contributed by atoms with Gasteiger partial charge in [0.25, 0.3) is 0 Å². The summed E-state index contributed by atoms with van der Waals surface area (Å²) in [6.45, 7) is -2.39. The summed E-state index contributed by atoms with van der Waals surface area (Å²) in [6, 6.07) is 6.17. The standard InChI is InChI=1S/C12H12F4N2O3/c13-10(14)12(15,16)7-17-11(21)18(6-9(19)20)8-4-2-1-3-5-8/h1-5,10H,6-7H2,(H,17,21)(H,19,20). The molecule has 5 nitrogen and oxygen atoms in total. The summed E-state index contributed by atoms with van der Waals surface area (Å²) >= 11 is 0.